The van der Waals surface area contributed by atoms with Gasteiger partial charge in [0.05, 0.1) is 20.8 Å². The first-order valence-corrected chi connectivity index (χ1v) is 8.55. The highest BCUT2D eigenvalue weighted by Crippen LogP contribution is 2.39. The molecule has 0 aliphatic carbocycles. The van der Waals surface area contributed by atoms with Crippen LogP contribution in [-0.2, 0) is 6.54 Å². The van der Waals surface area contributed by atoms with Gasteiger partial charge in [-0.25, -0.2) is 9.98 Å². The predicted molar refractivity (Wildman–Crippen MR) is 102 cm³/mol. The number of nitrogens with zero attached hydrogens (tertiary/aromatic N) is 2. The van der Waals surface area contributed by atoms with E-state index in [9.17, 15) is 0 Å². The number of nitrogens with two attached hydrogens (primary N) is 1. The normalized spacial score (nSPS) is 11.1. The molecule has 2 rings (SSSR count). The largest absolute Gasteiger partial charge is 0.493 e. The summed E-state index contributed by atoms with van der Waals surface area (Å²) in [6, 6.07) is 9.10. The molecule has 3 N–H and O–H groups in total. The maximum Gasteiger partial charge on any atom is 0.219 e. The van der Waals surface area contributed by atoms with E-state index in [4.69, 9.17) is 19.9 Å². The van der Waals surface area contributed by atoms with Gasteiger partial charge in [0.25, 0.3) is 0 Å². The zero-order chi connectivity index (χ0) is 18.8. The Kier molecular flexibility index (Phi) is 7.54. The molecule has 0 saturated heterocycles. The molecular formula is C19H26N4O3. The second-order valence-electron chi connectivity index (χ2n) is 5.58. The van der Waals surface area contributed by atoms with E-state index in [1.807, 2.05) is 12.1 Å². The van der Waals surface area contributed by atoms with Crippen LogP contribution in [-0.4, -0.2) is 31.7 Å². The van der Waals surface area contributed by atoms with Crippen molar-refractivity contribution in [1.82, 2.24) is 10.3 Å². The Morgan fingerprint density at radius 2 is 1.88 bits per heavy atom. The lowest BCUT2D eigenvalue weighted by atomic mass is 10.3. The molecule has 0 radical (unpaired) electrons. The summed E-state index contributed by atoms with van der Waals surface area (Å²) in [6.45, 7) is 3.42. The van der Waals surface area contributed by atoms with Gasteiger partial charge in [0.15, 0.2) is 17.5 Å². The van der Waals surface area contributed by atoms with E-state index in [1.54, 1.807) is 38.6 Å². The number of methoxy groups -OCH3 is 2. The molecule has 0 saturated carbocycles. The van der Waals surface area contributed by atoms with Crippen molar-refractivity contribution in [3.05, 3.63) is 42.1 Å². The van der Waals surface area contributed by atoms with Crippen LogP contribution in [0.15, 0.2) is 41.5 Å². The van der Waals surface area contributed by atoms with Gasteiger partial charge in [0.2, 0.25) is 11.6 Å². The van der Waals surface area contributed by atoms with E-state index >= 15 is 0 Å². The average Bonchev–Trinajstić information content (AvgIpc) is 2.67. The van der Waals surface area contributed by atoms with Crippen LogP contribution in [0.4, 0.5) is 0 Å². The van der Waals surface area contributed by atoms with Crippen molar-refractivity contribution in [3.63, 3.8) is 0 Å². The molecule has 1 aromatic heterocycles. The van der Waals surface area contributed by atoms with Crippen LogP contribution in [0, 0.1) is 0 Å². The van der Waals surface area contributed by atoms with Crippen LogP contribution in [0.2, 0.25) is 0 Å². The van der Waals surface area contributed by atoms with Gasteiger partial charge < -0.3 is 25.3 Å². The highest BCUT2D eigenvalue weighted by atomic mass is 16.5. The van der Waals surface area contributed by atoms with E-state index in [-0.39, 0.29) is 0 Å². The summed E-state index contributed by atoms with van der Waals surface area (Å²) in [6.07, 6.45) is 3.89. The quantitative estimate of drug-likeness (QED) is 0.407. The van der Waals surface area contributed by atoms with Gasteiger partial charge in [0.1, 0.15) is 0 Å². The molecule has 26 heavy (non-hydrogen) atoms. The maximum atomic E-state index is 5.83. The average molecular weight is 358 g/mol. The van der Waals surface area contributed by atoms with Gasteiger partial charge in [-0.2, -0.15) is 0 Å². The third kappa shape index (κ3) is 5.54. The molecule has 2 aromatic rings. The summed E-state index contributed by atoms with van der Waals surface area (Å²) in [5.74, 6) is 2.52. The lowest BCUT2D eigenvalue weighted by Crippen LogP contribution is -2.32. The van der Waals surface area contributed by atoms with Gasteiger partial charge in [0, 0.05) is 18.8 Å². The minimum atomic E-state index is 0.439. The standard InChI is InChI=1S/C19H26N4O3/c1-4-5-11-21-19(20)23-13-14-9-10-17(22-12-14)26-18-15(24-2)7-6-8-16(18)25-3/h6-10,12H,4-5,11,13H2,1-3H3,(H3,20,21,23). The molecule has 0 atom stereocenters. The Labute approximate surface area is 154 Å². The summed E-state index contributed by atoms with van der Waals surface area (Å²) in [7, 11) is 3.16. The second-order valence-corrected chi connectivity index (χ2v) is 5.58. The minimum Gasteiger partial charge on any atom is -0.493 e. The van der Waals surface area contributed by atoms with E-state index < -0.39 is 0 Å². The molecule has 0 unspecified atom stereocenters. The number of aliphatic imine (C=N–C) groups is 1. The van der Waals surface area contributed by atoms with Crippen molar-refractivity contribution in [2.24, 2.45) is 10.7 Å². The first kappa shape index (κ1) is 19.4. The summed E-state index contributed by atoms with van der Waals surface area (Å²) in [5.41, 5.74) is 6.76. The molecule has 1 aromatic carbocycles. The SMILES string of the molecule is CCCCNC(N)=NCc1ccc(Oc2c(OC)cccc2OC)nc1. The number of para-hydroxylation sites is 1. The molecule has 7 nitrogen and oxygen atoms in total. The summed E-state index contributed by atoms with van der Waals surface area (Å²) in [5, 5.41) is 3.08. The molecule has 7 heteroatoms. The maximum absolute atomic E-state index is 5.83. The summed E-state index contributed by atoms with van der Waals surface area (Å²) in [4.78, 5) is 8.61. The van der Waals surface area contributed by atoms with Crippen molar-refractivity contribution >= 4 is 5.96 Å². The van der Waals surface area contributed by atoms with Gasteiger partial charge in [-0.3, -0.25) is 0 Å². The molecule has 0 fully saturated rings. The van der Waals surface area contributed by atoms with Gasteiger partial charge in [-0.15, -0.1) is 0 Å². The number of rotatable bonds is 9. The van der Waals surface area contributed by atoms with Crippen molar-refractivity contribution in [2.45, 2.75) is 26.3 Å². The Bertz CT molecular complexity index is 695. The van der Waals surface area contributed by atoms with Crippen molar-refractivity contribution in [2.75, 3.05) is 20.8 Å². The summed E-state index contributed by atoms with van der Waals surface area (Å²) < 4.78 is 16.5. The van der Waals surface area contributed by atoms with E-state index in [0.29, 0.717) is 35.6 Å². The van der Waals surface area contributed by atoms with E-state index in [2.05, 4.69) is 22.2 Å². The van der Waals surface area contributed by atoms with Crippen LogP contribution in [0.1, 0.15) is 25.3 Å². The van der Waals surface area contributed by atoms with Crippen LogP contribution in [0.3, 0.4) is 0 Å². The molecule has 0 spiro atoms. The smallest absolute Gasteiger partial charge is 0.219 e. The fourth-order valence-corrected chi connectivity index (χ4v) is 2.21. The minimum absolute atomic E-state index is 0.439. The van der Waals surface area contributed by atoms with Crippen molar-refractivity contribution in [1.29, 1.82) is 0 Å². The van der Waals surface area contributed by atoms with Crippen LogP contribution in [0.5, 0.6) is 23.1 Å². The molecule has 0 amide bonds. The molecule has 0 bridgehead atoms. The third-order valence-electron chi connectivity index (χ3n) is 3.66. The Morgan fingerprint density at radius 1 is 1.15 bits per heavy atom. The zero-order valence-electron chi connectivity index (χ0n) is 15.5. The van der Waals surface area contributed by atoms with Gasteiger partial charge in [-0.1, -0.05) is 25.5 Å². The number of unbranched alkanes of at least 4 members (excludes halogenated alkanes) is 1. The molecular weight excluding hydrogens is 332 g/mol. The van der Waals surface area contributed by atoms with Gasteiger partial charge >= 0.3 is 0 Å². The molecule has 0 aliphatic heterocycles. The lowest BCUT2D eigenvalue weighted by Gasteiger charge is -2.13. The van der Waals surface area contributed by atoms with Crippen LogP contribution >= 0.6 is 0 Å². The zero-order valence-corrected chi connectivity index (χ0v) is 15.5. The Morgan fingerprint density at radius 3 is 2.46 bits per heavy atom. The first-order valence-electron chi connectivity index (χ1n) is 8.55. The highest BCUT2D eigenvalue weighted by Gasteiger charge is 2.12. The monoisotopic (exact) mass is 358 g/mol. The number of ether oxygens (including phenoxy) is 3. The van der Waals surface area contributed by atoms with Gasteiger partial charge in [-0.05, 0) is 24.1 Å². The number of hydrogen-bond acceptors (Lipinski definition) is 5. The Hall–Kier alpha value is -2.96. The highest BCUT2D eigenvalue weighted by molar-refractivity contribution is 5.77. The van der Waals surface area contributed by atoms with Crippen LogP contribution < -0.4 is 25.3 Å². The third-order valence-corrected chi connectivity index (χ3v) is 3.66. The molecule has 140 valence electrons. The number of benzene rings is 1. The fraction of sp³-hybridized carbons (Fsp3) is 0.368. The molecule has 1 heterocycles. The first-order chi connectivity index (χ1) is 12.7. The van der Waals surface area contributed by atoms with Crippen molar-refractivity contribution in [3.8, 4) is 23.1 Å². The lowest BCUT2D eigenvalue weighted by molar-refractivity contribution is 0.342. The fourth-order valence-electron chi connectivity index (χ4n) is 2.21. The number of nitrogens with one attached hydrogen (secondary N) is 1. The number of aromatic nitrogens is 1. The summed E-state index contributed by atoms with van der Waals surface area (Å²) >= 11 is 0. The van der Waals surface area contributed by atoms with E-state index in [0.717, 1.165) is 24.9 Å². The van der Waals surface area contributed by atoms with Crippen molar-refractivity contribution < 1.29 is 14.2 Å². The number of pyridine rings is 1. The molecule has 0 aliphatic rings. The second kappa shape index (κ2) is 10.1. The van der Waals surface area contributed by atoms with E-state index in [1.165, 1.54) is 0 Å². The topological polar surface area (TPSA) is 91.0 Å². The van der Waals surface area contributed by atoms with Crippen LogP contribution in [0.25, 0.3) is 0 Å². The number of guanidine groups is 1. The predicted octanol–water partition coefficient (Wildman–Crippen LogP) is 3.10. The Balaban J connectivity index is 2.01. The number of hydrogen-bond donors (Lipinski definition) is 2.